The Morgan fingerprint density at radius 1 is 1.17 bits per heavy atom. The van der Waals surface area contributed by atoms with E-state index in [-0.39, 0.29) is 11.3 Å². The molecule has 98 valence electrons. The maximum absolute atomic E-state index is 12.0. The summed E-state index contributed by atoms with van der Waals surface area (Å²) >= 11 is 0. The van der Waals surface area contributed by atoms with Crippen LogP contribution >= 0.6 is 0 Å². The summed E-state index contributed by atoms with van der Waals surface area (Å²) in [7, 11) is 1.77. The van der Waals surface area contributed by atoms with Gasteiger partial charge in [-0.25, -0.2) is 0 Å². The average molecular weight is 248 g/mol. The van der Waals surface area contributed by atoms with Gasteiger partial charge in [-0.1, -0.05) is 32.9 Å². The molecule has 0 aliphatic heterocycles. The van der Waals surface area contributed by atoms with Crippen molar-refractivity contribution < 1.29 is 9.59 Å². The molecule has 4 nitrogen and oxygen atoms in total. The molecular weight excluding hydrogens is 228 g/mol. The van der Waals surface area contributed by atoms with Crippen LogP contribution < -0.4 is 5.73 Å². The van der Waals surface area contributed by atoms with Crippen LogP contribution in [0.1, 0.15) is 36.7 Å². The van der Waals surface area contributed by atoms with Crippen molar-refractivity contribution >= 4 is 11.8 Å². The highest BCUT2D eigenvalue weighted by atomic mass is 16.2. The van der Waals surface area contributed by atoms with Gasteiger partial charge in [0.25, 0.3) is 0 Å². The monoisotopic (exact) mass is 248 g/mol. The van der Waals surface area contributed by atoms with Gasteiger partial charge >= 0.3 is 0 Å². The van der Waals surface area contributed by atoms with E-state index >= 15 is 0 Å². The molecule has 0 aliphatic rings. The number of carbonyl (C=O) groups excluding carboxylic acids is 2. The lowest BCUT2D eigenvalue weighted by atomic mass is 9.95. The first-order valence-electron chi connectivity index (χ1n) is 5.86. The Balaban J connectivity index is 2.74. The fourth-order valence-corrected chi connectivity index (χ4v) is 1.69. The summed E-state index contributed by atoms with van der Waals surface area (Å²) < 4.78 is 0. The molecular formula is C14H20N2O2. The summed E-state index contributed by atoms with van der Waals surface area (Å²) in [6.07, 6.45) is 0. The summed E-state index contributed by atoms with van der Waals surface area (Å²) in [5, 5.41) is 0. The van der Waals surface area contributed by atoms with Crippen LogP contribution in [0.25, 0.3) is 0 Å². The van der Waals surface area contributed by atoms with E-state index in [1.54, 1.807) is 24.1 Å². The molecule has 0 aromatic heterocycles. The van der Waals surface area contributed by atoms with Crippen LogP contribution in [0.15, 0.2) is 24.3 Å². The molecule has 0 spiro atoms. The first-order valence-corrected chi connectivity index (χ1v) is 5.86. The summed E-state index contributed by atoms with van der Waals surface area (Å²) in [6.45, 7) is 6.20. The van der Waals surface area contributed by atoms with E-state index in [1.807, 2.05) is 32.9 Å². The fraction of sp³-hybridized carbons (Fsp3) is 0.429. The van der Waals surface area contributed by atoms with E-state index in [2.05, 4.69) is 0 Å². The van der Waals surface area contributed by atoms with Gasteiger partial charge in [-0.3, -0.25) is 9.59 Å². The molecule has 1 rings (SSSR count). The Bertz CT molecular complexity index is 444. The Morgan fingerprint density at radius 3 is 2.06 bits per heavy atom. The Morgan fingerprint density at radius 2 is 1.67 bits per heavy atom. The van der Waals surface area contributed by atoms with Crippen molar-refractivity contribution in [2.24, 2.45) is 11.1 Å². The molecule has 0 saturated heterocycles. The fourth-order valence-electron chi connectivity index (χ4n) is 1.69. The number of rotatable bonds is 3. The second kappa shape index (κ2) is 5.21. The van der Waals surface area contributed by atoms with E-state index in [4.69, 9.17) is 5.73 Å². The number of hydrogen-bond acceptors (Lipinski definition) is 2. The van der Waals surface area contributed by atoms with Crippen molar-refractivity contribution in [3.05, 3.63) is 35.4 Å². The van der Waals surface area contributed by atoms with Gasteiger partial charge in [0.2, 0.25) is 11.8 Å². The third-order valence-corrected chi connectivity index (χ3v) is 2.65. The Kier molecular flexibility index (Phi) is 4.11. The van der Waals surface area contributed by atoms with Gasteiger partial charge in [-0.05, 0) is 17.7 Å². The van der Waals surface area contributed by atoms with Crippen LogP contribution in [-0.4, -0.2) is 23.8 Å². The summed E-state index contributed by atoms with van der Waals surface area (Å²) in [6, 6.07) is 6.97. The van der Waals surface area contributed by atoms with Gasteiger partial charge in [-0.2, -0.15) is 0 Å². The molecule has 0 heterocycles. The highest BCUT2D eigenvalue weighted by molar-refractivity contribution is 5.92. The first kappa shape index (κ1) is 14.2. The van der Waals surface area contributed by atoms with Crippen molar-refractivity contribution in [3.63, 3.8) is 0 Å². The van der Waals surface area contributed by atoms with E-state index in [9.17, 15) is 9.59 Å². The standard InChI is InChI=1S/C14H20N2O2/c1-14(2,3)13(18)16(4)9-10-5-7-11(8-6-10)12(15)17/h5-8H,9H2,1-4H3,(H2,15,17). The molecule has 0 aliphatic carbocycles. The molecule has 1 aromatic rings. The first-order chi connectivity index (χ1) is 8.21. The third-order valence-electron chi connectivity index (χ3n) is 2.65. The molecule has 1 aromatic carbocycles. The molecule has 0 radical (unpaired) electrons. The second-order valence-corrected chi connectivity index (χ2v) is 5.47. The van der Waals surface area contributed by atoms with E-state index in [0.717, 1.165) is 5.56 Å². The van der Waals surface area contributed by atoms with Crippen LogP contribution in [0, 0.1) is 5.41 Å². The van der Waals surface area contributed by atoms with Crippen molar-refractivity contribution in [2.75, 3.05) is 7.05 Å². The predicted molar refractivity (Wildman–Crippen MR) is 70.9 cm³/mol. The Labute approximate surface area is 108 Å². The van der Waals surface area contributed by atoms with Gasteiger partial charge in [0.1, 0.15) is 0 Å². The van der Waals surface area contributed by atoms with E-state index in [1.165, 1.54) is 0 Å². The minimum Gasteiger partial charge on any atom is -0.366 e. The third kappa shape index (κ3) is 3.58. The van der Waals surface area contributed by atoms with E-state index in [0.29, 0.717) is 12.1 Å². The zero-order valence-electron chi connectivity index (χ0n) is 11.4. The van der Waals surface area contributed by atoms with Crippen LogP contribution in [0.2, 0.25) is 0 Å². The average Bonchev–Trinajstić information content (AvgIpc) is 2.27. The zero-order chi connectivity index (χ0) is 13.9. The predicted octanol–water partition coefficient (Wildman–Crippen LogP) is 1.79. The van der Waals surface area contributed by atoms with Crippen LogP contribution in [-0.2, 0) is 11.3 Å². The molecule has 2 N–H and O–H groups in total. The normalized spacial score (nSPS) is 11.1. The zero-order valence-corrected chi connectivity index (χ0v) is 11.4. The lowest BCUT2D eigenvalue weighted by Crippen LogP contribution is -2.36. The van der Waals surface area contributed by atoms with Crippen molar-refractivity contribution in [2.45, 2.75) is 27.3 Å². The highest BCUT2D eigenvalue weighted by Gasteiger charge is 2.24. The Hall–Kier alpha value is -1.84. The van der Waals surface area contributed by atoms with Crippen LogP contribution in [0.5, 0.6) is 0 Å². The minimum atomic E-state index is -0.444. The summed E-state index contributed by atoms with van der Waals surface area (Å²) in [5.74, 6) is -0.359. The largest absolute Gasteiger partial charge is 0.366 e. The van der Waals surface area contributed by atoms with Crippen molar-refractivity contribution in [3.8, 4) is 0 Å². The maximum Gasteiger partial charge on any atom is 0.248 e. The van der Waals surface area contributed by atoms with Gasteiger partial charge in [0, 0.05) is 24.6 Å². The number of benzene rings is 1. The highest BCUT2D eigenvalue weighted by Crippen LogP contribution is 2.18. The number of carbonyl (C=O) groups is 2. The SMILES string of the molecule is CN(Cc1ccc(C(N)=O)cc1)C(=O)C(C)(C)C. The molecule has 0 bridgehead atoms. The van der Waals surface area contributed by atoms with E-state index < -0.39 is 5.91 Å². The number of nitrogens with zero attached hydrogens (tertiary/aromatic N) is 1. The number of hydrogen-bond donors (Lipinski definition) is 1. The van der Waals surface area contributed by atoms with Crippen molar-refractivity contribution in [1.82, 2.24) is 4.90 Å². The maximum atomic E-state index is 12.0. The van der Waals surface area contributed by atoms with Gasteiger partial charge in [-0.15, -0.1) is 0 Å². The van der Waals surface area contributed by atoms with Gasteiger partial charge in [0.15, 0.2) is 0 Å². The quantitative estimate of drug-likeness (QED) is 0.886. The molecule has 2 amide bonds. The minimum absolute atomic E-state index is 0.0847. The molecule has 0 unspecified atom stereocenters. The second-order valence-electron chi connectivity index (χ2n) is 5.47. The number of primary amides is 1. The van der Waals surface area contributed by atoms with Crippen molar-refractivity contribution in [1.29, 1.82) is 0 Å². The lowest BCUT2D eigenvalue weighted by Gasteiger charge is -2.26. The van der Waals surface area contributed by atoms with Gasteiger partial charge < -0.3 is 10.6 Å². The summed E-state index contributed by atoms with van der Waals surface area (Å²) in [4.78, 5) is 24.6. The molecule has 0 atom stereocenters. The molecule has 0 saturated carbocycles. The smallest absolute Gasteiger partial charge is 0.248 e. The number of nitrogens with two attached hydrogens (primary N) is 1. The summed E-state index contributed by atoms with van der Waals surface area (Å²) in [5.41, 5.74) is 6.23. The topological polar surface area (TPSA) is 63.4 Å². The van der Waals surface area contributed by atoms with Gasteiger partial charge in [0.05, 0.1) is 0 Å². The van der Waals surface area contributed by atoms with Crippen LogP contribution in [0.3, 0.4) is 0 Å². The molecule has 18 heavy (non-hydrogen) atoms. The molecule has 4 heteroatoms. The molecule has 0 fully saturated rings. The number of amides is 2. The lowest BCUT2D eigenvalue weighted by molar-refractivity contribution is -0.138. The van der Waals surface area contributed by atoms with Crippen LogP contribution in [0.4, 0.5) is 0 Å².